The first-order chi connectivity index (χ1) is 27.7. The molecule has 1 aliphatic carbocycles. The second-order valence-corrected chi connectivity index (χ2v) is 16.0. The van der Waals surface area contributed by atoms with E-state index in [1.165, 1.54) is 30.0 Å². The van der Waals surface area contributed by atoms with Gasteiger partial charge in [-0.05, 0) is 55.9 Å². The first-order valence-corrected chi connectivity index (χ1v) is 19.6. The molecule has 302 valence electrons. The van der Waals surface area contributed by atoms with E-state index in [4.69, 9.17) is 16.3 Å². The van der Waals surface area contributed by atoms with Crippen LogP contribution < -0.4 is 36.5 Å². The van der Waals surface area contributed by atoms with Crippen LogP contribution >= 0.6 is 11.6 Å². The molecule has 9 rings (SSSR count). The van der Waals surface area contributed by atoms with Gasteiger partial charge in [0.2, 0.25) is 23.5 Å². The normalized spacial score (nSPS) is 22.8. The lowest BCUT2D eigenvalue weighted by Gasteiger charge is -2.37. The van der Waals surface area contributed by atoms with Crippen molar-refractivity contribution >= 4 is 74.0 Å². The van der Waals surface area contributed by atoms with E-state index in [1.54, 1.807) is 4.68 Å². The van der Waals surface area contributed by atoms with Gasteiger partial charge in [0.1, 0.15) is 16.9 Å². The molecule has 2 unspecified atom stereocenters. The Labute approximate surface area is 334 Å². The standard InChI is InChI=1S/C40H40ClF3N10O4/c1-19-17-54(11-10-27(19)46-21-6-7-22-30(13-21)53(3)51-33(22)23-8-9-32(55)49-37(23)56)39-45-16-25(41)36(50-39)47-28-14-24-29(15-26(28)42)52(2)38(57)35-34(24)48-31(12-20-4-5-20)40(43,44)18-58-35/h6-7,12-16,19,23,27,31,46,48H,4-5,8-11,17-18H2,1-3H3,(H,45,47,50)(H,49,55,56)/t19-,23?,27-,31?/m1/s1. The Morgan fingerprint density at radius 1 is 1.05 bits per heavy atom. The third kappa shape index (κ3) is 6.84. The molecule has 18 heteroatoms. The molecule has 2 aromatic carbocycles. The number of hydrogen-bond donors (Lipinski definition) is 4. The van der Waals surface area contributed by atoms with Gasteiger partial charge >= 0.3 is 5.92 Å². The number of ether oxygens (including phenoxy) is 1. The van der Waals surface area contributed by atoms with Crippen molar-refractivity contribution in [3.8, 4) is 5.75 Å². The van der Waals surface area contributed by atoms with Crippen LogP contribution in [-0.2, 0) is 23.7 Å². The Hall–Kier alpha value is -5.84. The molecule has 2 saturated heterocycles. The summed E-state index contributed by atoms with van der Waals surface area (Å²) in [6, 6.07) is 7.23. The average molecular weight is 817 g/mol. The summed E-state index contributed by atoms with van der Waals surface area (Å²) in [5, 5.41) is 17.9. The lowest BCUT2D eigenvalue weighted by Crippen LogP contribution is -2.46. The molecule has 5 aromatic rings. The van der Waals surface area contributed by atoms with Crippen LogP contribution in [0.2, 0.25) is 5.02 Å². The van der Waals surface area contributed by atoms with Crippen molar-refractivity contribution in [2.45, 2.75) is 63.0 Å². The number of aryl methyl sites for hydroxylation is 2. The highest BCUT2D eigenvalue weighted by molar-refractivity contribution is 6.33. The highest BCUT2D eigenvalue weighted by Crippen LogP contribution is 2.41. The van der Waals surface area contributed by atoms with E-state index < -0.39 is 35.9 Å². The lowest BCUT2D eigenvalue weighted by molar-refractivity contribution is -0.134. The average Bonchev–Trinajstić information content (AvgIpc) is 3.97. The van der Waals surface area contributed by atoms with Crippen molar-refractivity contribution in [2.24, 2.45) is 20.0 Å². The van der Waals surface area contributed by atoms with Crippen LogP contribution in [0.4, 0.5) is 42.0 Å². The smallest absolute Gasteiger partial charge is 0.304 e. The number of nitrogens with one attached hydrogen (secondary N) is 4. The second-order valence-electron chi connectivity index (χ2n) is 15.6. The van der Waals surface area contributed by atoms with E-state index in [-0.39, 0.29) is 63.7 Å². The number of alkyl halides is 2. The van der Waals surface area contributed by atoms with Gasteiger partial charge in [0.25, 0.3) is 5.56 Å². The fourth-order valence-corrected chi connectivity index (χ4v) is 8.27. The third-order valence-electron chi connectivity index (χ3n) is 11.5. The van der Waals surface area contributed by atoms with E-state index in [2.05, 4.69) is 43.3 Å². The van der Waals surface area contributed by atoms with Gasteiger partial charge < -0.3 is 30.2 Å². The van der Waals surface area contributed by atoms with E-state index in [1.807, 2.05) is 30.1 Å². The van der Waals surface area contributed by atoms with Crippen LogP contribution in [-0.4, -0.2) is 73.8 Å². The number of nitrogens with zero attached hydrogens (tertiary/aromatic N) is 6. The minimum absolute atomic E-state index is 0.0410. The van der Waals surface area contributed by atoms with Gasteiger partial charge in [0, 0.05) is 62.2 Å². The number of benzene rings is 2. The molecule has 3 aliphatic heterocycles. The molecular weight excluding hydrogens is 777 g/mol. The fourth-order valence-electron chi connectivity index (χ4n) is 8.13. The predicted octanol–water partition coefficient (Wildman–Crippen LogP) is 6.13. The van der Waals surface area contributed by atoms with Gasteiger partial charge in [-0.15, -0.1) is 0 Å². The summed E-state index contributed by atoms with van der Waals surface area (Å²) in [5.74, 6) is -4.69. The largest absolute Gasteiger partial charge is 0.480 e. The van der Waals surface area contributed by atoms with Crippen LogP contribution in [0.25, 0.3) is 21.8 Å². The number of rotatable bonds is 7. The molecule has 6 heterocycles. The molecule has 4 atom stereocenters. The van der Waals surface area contributed by atoms with Crippen LogP contribution in [0.15, 0.2) is 53.0 Å². The maximum atomic E-state index is 15.8. The number of piperidine rings is 2. The number of aromatic nitrogens is 5. The van der Waals surface area contributed by atoms with Gasteiger partial charge in [-0.3, -0.25) is 24.4 Å². The zero-order valence-electron chi connectivity index (χ0n) is 31.8. The van der Waals surface area contributed by atoms with E-state index in [0.717, 1.165) is 47.5 Å². The Morgan fingerprint density at radius 2 is 1.86 bits per heavy atom. The third-order valence-corrected chi connectivity index (χ3v) is 11.8. The number of halogens is 4. The number of amides is 2. The number of hydrogen-bond acceptors (Lipinski definition) is 11. The van der Waals surface area contributed by atoms with Gasteiger partial charge in [-0.25, -0.2) is 18.2 Å². The van der Waals surface area contributed by atoms with Gasteiger partial charge in [-0.1, -0.05) is 30.2 Å². The number of imide groups is 1. The molecule has 4 aliphatic rings. The van der Waals surface area contributed by atoms with Crippen LogP contribution in [0, 0.1) is 11.7 Å². The number of fused-ring (bicyclic) bond motifs is 4. The number of anilines is 5. The SMILES string of the molecule is C[C@@H]1CN(c2ncc(Cl)c(Nc3cc4c5c(c(=O)n(C)c4cc3F)OCC(F)(F)C(C=C3CC3)N5)n2)CC[C@H]1Nc1ccc2c(C3CCC(=O)NC3=O)nn(C)c2c1. The Morgan fingerprint density at radius 3 is 2.62 bits per heavy atom. The highest BCUT2D eigenvalue weighted by atomic mass is 35.5. The van der Waals surface area contributed by atoms with Crippen molar-refractivity contribution in [1.82, 2.24) is 29.6 Å². The molecular formula is C40H40ClF3N10O4. The van der Waals surface area contributed by atoms with Crippen molar-refractivity contribution in [3.05, 3.63) is 75.1 Å². The zero-order chi connectivity index (χ0) is 40.6. The fraction of sp³-hybridized carbons (Fsp3) is 0.400. The number of carbonyl (C=O) groups is 2. The summed E-state index contributed by atoms with van der Waals surface area (Å²) in [7, 11) is 3.27. The monoisotopic (exact) mass is 816 g/mol. The zero-order valence-corrected chi connectivity index (χ0v) is 32.6. The minimum Gasteiger partial charge on any atom is -0.480 e. The topological polar surface area (TPSA) is 160 Å². The summed E-state index contributed by atoms with van der Waals surface area (Å²) in [6.45, 7) is 2.34. The number of carbonyl (C=O) groups excluding carboxylic acids is 2. The van der Waals surface area contributed by atoms with Gasteiger partial charge in [-0.2, -0.15) is 10.1 Å². The first-order valence-electron chi connectivity index (χ1n) is 19.2. The molecule has 58 heavy (non-hydrogen) atoms. The van der Waals surface area contributed by atoms with Gasteiger partial charge in [0.05, 0.1) is 40.2 Å². The molecule has 14 nitrogen and oxygen atoms in total. The maximum Gasteiger partial charge on any atom is 0.304 e. The van der Waals surface area contributed by atoms with Crippen molar-refractivity contribution in [2.75, 3.05) is 40.5 Å². The highest BCUT2D eigenvalue weighted by Gasteiger charge is 2.44. The number of pyridine rings is 1. The summed E-state index contributed by atoms with van der Waals surface area (Å²) in [5.41, 5.74) is 2.85. The van der Waals surface area contributed by atoms with Crippen molar-refractivity contribution in [1.29, 1.82) is 0 Å². The van der Waals surface area contributed by atoms with E-state index >= 15 is 13.2 Å². The van der Waals surface area contributed by atoms with Crippen LogP contribution in [0.3, 0.4) is 0 Å². The predicted molar refractivity (Wildman–Crippen MR) is 214 cm³/mol. The van der Waals surface area contributed by atoms with Crippen molar-refractivity contribution < 1.29 is 27.5 Å². The maximum absolute atomic E-state index is 15.8. The molecule has 2 amide bonds. The lowest BCUT2D eigenvalue weighted by atomic mass is 9.92. The summed E-state index contributed by atoms with van der Waals surface area (Å²) >= 11 is 6.55. The summed E-state index contributed by atoms with van der Waals surface area (Å²) < 4.78 is 54.6. The minimum atomic E-state index is -3.31. The molecule has 4 N–H and O–H groups in total. The van der Waals surface area contributed by atoms with Gasteiger partial charge in [0.15, 0.2) is 12.4 Å². The Kier molecular flexibility index (Phi) is 9.24. The number of allylic oxidation sites excluding steroid dienone is 1. The molecule has 0 bridgehead atoms. The summed E-state index contributed by atoms with van der Waals surface area (Å²) in [6.07, 6.45) is 5.83. The molecule has 1 saturated carbocycles. The molecule has 3 fully saturated rings. The molecule has 0 radical (unpaired) electrons. The first kappa shape index (κ1) is 37.7. The van der Waals surface area contributed by atoms with Crippen LogP contribution in [0.1, 0.15) is 50.6 Å². The molecule has 3 aromatic heterocycles. The molecule has 0 spiro atoms. The van der Waals surface area contributed by atoms with E-state index in [9.17, 15) is 14.4 Å². The second kappa shape index (κ2) is 14.2. The summed E-state index contributed by atoms with van der Waals surface area (Å²) in [4.78, 5) is 48.7. The van der Waals surface area contributed by atoms with E-state index in [0.29, 0.717) is 36.5 Å². The Balaban J connectivity index is 0.931. The Bertz CT molecular complexity index is 2620. The quantitative estimate of drug-likeness (QED) is 0.111. The van der Waals surface area contributed by atoms with Crippen LogP contribution in [0.5, 0.6) is 5.75 Å². The van der Waals surface area contributed by atoms with Crippen molar-refractivity contribution in [3.63, 3.8) is 0 Å².